The molecular weight excluding hydrogens is 322 g/mol. The molecule has 1 aliphatic heterocycles. The Morgan fingerprint density at radius 3 is 2.88 bits per heavy atom. The summed E-state index contributed by atoms with van der Waals surface area (Å²) < 4.78 is 12.8. The molecule has 0 aromatic carbocycles. The SMILES string of the molecule is Cc1cc(NC(=O)CN2CCC(OCc3c(C)noc3C)C2)n(C)n1. The van der Waals surface area contributed by atoms with Crippen molar-refractivity contribution in [2.24, 2.45) is 7.05 Å². The van der Waals surface area contributed by atoms with Crippen LogP contribution in [0, 0.1) is 20.8 Å². The minimum absolute atomic E-state index is 0.0330. The predicted molar refractivity (Wildman–Crippen MR) is 92.2 cm³/mol. The first-order valence-electron chi connectivity index (χ1n) is 8.48. The lowest BCUT2D eigenvalue weighted by molar-refractivity contribution is -0.117. The van der Waals surface area contributed by atoms with E-state index in [1.165, 1.54) is 0 Å². The maximum Gasteiger partial charge on any atom is 0.239 e. The number of carbonyl (C=O) groups excluding carboxylic acids is 1. The number of nitrogens with one attached hydrogen (secondary N) is 1. The largest absolute Gasteiger partial charge is 0.372 e. The number of likely N-dealkylation sites (tertiary alicyclic amines) is 1. The number of hydrogen-bond acceptors (Lipinski definition) is 6. The third kappa shape index (κ3) is 4.26. The molecule has 1 fully saturated rings. The van der Waals surface area contributed by atoms with Crippen LogP contribution in [0.4, 0.5) is 5.82 Å². The lowest BCUT2D eigenvalue weighted by Crippen LogP contribution is -2.33. The summed E-state index contributed by atoms with van der Waals surface area (Å²) in [5, 5.41) is 11.1. The van der Waals surface area contributed by atoms with Crippen molar-refractivity contribution in [3.05, 3.63) is 28.8 Å². The van der Waals surface area contributed by atoms with Gasteiger partial charge in [0.05, 0.1) is 30.6 Å². The highest BCUT2D eigenvalue weighted by molar-refractivity contribution is 5.91. The molecule has 25 heavy (non-hydrogen) atoms. The summed E-state index contributed by atoms with van der Waals surface area (Å²) in [4.78, 5) is 14.3. The van der Waals surface area contributed by atoms with Crippen molar-refractivity contribution in [3.8, 4) is 0 Å². The topological polar surface area (TPSA) is 85.4 Å². The van der Waals surface area contributed by atoms with E-state index in [-0.39, 0.29) is 12.0 Å². The van der Waals surface area contributed by atoms with Crippen LogP contribution in [0.15, 0.2) is 10.6 Å². The van der Waals surface area contributed by atoms with Gasteiger partial charge in [-0.15, -0.1) is 0 Å². The lowest BCUT2D eigenvalue weighted by atomic mass is 10.2. The van der Waals surface area contributed by atoms with Crippen LogP contribution in [0.2, 0.25) is 0 Å². The van der Waals surface area contributed by atoms with E-state index in [4.69, 9.17) is 9.26 Å². The molecule has 136 valence electrons. The molecule has 0 spiro atoms. The zero-order valence-corrected chi connectivity index (χ0v) is 15.2. The van der Waals surface area contributed by atoms with E-state index in [2.05, 4.69) is 20.5 Å². The monoisotopic (exact) mass is 347 g/mol. The fourth-order valence-corrected chi connectivity index (χ4v) is 3.10. The van der Waals surface area contributed by atoms with Gasteiger partial charge in [0, 0.05) is 31.8 Å². The molecule has 1 unspecified atom stereocenters. The van der Waals surface area contributed by atoms with E-state index >= 15 is 0 Å². The summed E-state index contributed by atoms with van der Waals surface area (Å²) in [6.45, 7) is 8.17. The van der Waals surface area contributed by atoms with Crippen molar-refractivity contribution in [1.29, 1.82) is 0 Å². The van der Waals surface area contributed by atoms with Crippen molar-refractivity contribution >= 4 is 11.7 Å². The van der Waals surface area contributed by atoms with Crippen LogP contribution in [-0.2, 0) is 23.2 Å². The van der Waals surface area contributed by atoms with Gasteiger partial charge < -0.3 is 14.6 Å². The van der Waals surface area contributed by atoms with Gasteiger partial charge in [0.2, 0.25) is 5.91 Å². The molecule has 2 aromatic rings. The highest BCUT2D eigenvalue weighted by atomic mass is 16.5. The Morgan fingerprint density at radius 2 is 2.24 bits per heavy atom. The maximum absolute atomic E-state index is 12.2. The fourth-order valence-electron chi connectivity index (χ4n) is 3.10. The van der Waals surface area contributed by atoms with Gasteiger partial charge >= 0.3 is 0 Å². The molecule has 8 nitrogen and oxygen atoms in total. The number of amides is 1. The van der Waals surface area contributed by atoms with E-state index in [0.717, 1.165) is 42.2 Å². The zero-order valence-electron chi connectivity index (χ0n) is 15.2. The smallest absolute Gasteiger partial charge is 0.239 e. The number of anilines is 1. The van der Waals surface area contributed by atoms with Gasteiger partial charge in [-0.05, 0) is 27.2 Å². The minimum atomic E-state index is -0.0330. The Kier molecular flexibility index (Phi) is 5.19. The molecule has 3 rings (SSSR count). The van der Waals surface area contributed by atoms with Gasteiger partial charge in [0.15, 0.2) is 0 Å². The zero-order chi connectivity index (χ0) is 18.0. The molecule has 1 atom stereocenters. The molecule has 2 aromatic heterocycles. The number of aromatic nitrogens is 3. The molecule has 3 heterocycles. The highest BCUT2D eigenvalue weighted by Crippen LogP contribution is 2.18. The fraction of sp³-hybridized carbons (Fsp3) is 0.588. The van der Waals surface area contributed by atoms with Crippen molar-refractivity contribution in [2.45, 2.75) is 39.9 Å². The Morgan fingerprint density at radius 1 is 1.44 bits per heavy atom. The van der Waals surface area contributed by atoms with Crippen LogP contribution in [0.1, 0.15) is 29.1 Å². The van der Waals surface area contributed by atoms with Gasteiger partial charge in [-0.3, -0.25) is 14.4 Å². The molecule has 1 N–H and O–H groups in total. The van der Waals surface area contributed by atoms with E-state index in [0.29, 0.717) is 19.0 Å². The van der Waals surface area contributed by atoms with E-state index < -0.39 is 0 Å². The second kappa shape index (κ2) is 7.37. The van der Waals surface area contributed by atoms with Crippen LogP contribution < -0.4 is 5.32 Å². The molecule has 8 heteroatoms. The Labute approximate surface area is 147 Å². The summed E-state index contributed by atoms with van der Waals surface area (Å²) in [7, 11) is 1.82. The van der Waals surface area contributed by atoms with Crippen LogP contribution >= 0.6 is 0 Å². The summed E-state index contributed by atoms with van der Waals surface area (Å²) in [5.74, 6) is 1.49. The Hall–Kier alpha value is -2.19. The third-order valence-corrected chi connectivity index (χ3v) is 4.51. The van der Waals surface area contributed by atoms with Crippen LogP contribution in [0.3, 0.4) is 0 Å². The second-order valence-corrected chi connectivity index (χ2v) is 6.60. The molecule has 1 saturated heterocycles. The van der Waals surface area contributed by atoms with Crippen LogP contribution in [0.25, 0.3) is 0 Å². The number of carbonyl (C=O) groups is 1. The Balaban J connectivity index is 1.45. The first-order valence-corrected chi connectivity index (χ1v) is 8.48. The number of aryl methyl sites for hydroxylation is 4. The molecule has 1 aliphatic rings. The number of hydrogen-bond donors (Lipinski definition) is 1. The summed E-state index contributed by atoms with van der Waals surface area (Å²) in [5.41, 5.74) is 2.77. The molecule has 0 saturated carbocycles. The normalized spacial score (nSPS) is 18.0. The van der Waals surface area contributed by atoms with E-state index in [1.807, 2.05) is 33.9 Å². The molecule has 0 aliphatic carbocycles. The predicted octanol–water partition coefficient (Wildman–Crippen LogP) is 1.56. The second-order valence-electron chi connectivity index (χ2n) is 6.60. The van der Waals surface area contributed by atoms with Gasteiger partial charge in [-0.2, -0.15) is 5.10 Å². The van der Waals surface area contributed by atoms with Crippen LogP contribution in [-0.4, -0.2) is 51.5 Å². The standard InChI is InChI=1S/C17H25N5O3/c1-11-7-16(21(4)19-11)18-17(23)9-22-6-5-14(8-22)24-10-15-12(2)20-25-13(15)3/h7,14H,5-6,8-10H2,1-4H3,(H,18,23). The highest BCUT2D eigenvalue weighted by Gasteiger charge is 2.25. The van der Waals surface area contributed by atoms with Crippen molar-refractivity contribution in [1.82, 2.24) is 19.8 Å². The van der Waals surface area contributed by atoms with Gasteiger partial charge in [0.1, 0.15) is 11.6 Å². The third-order valence-electron chi connectivity index (χ3n) is 4.51. The molecule has 0 radical (unpaired) electrons. The van der Waals surface area contributed by atoms with E-state index in [1.54, 1.807) is 4.68 Å². The summed E-state index contributed by atoms with van der Waals surface area (Å²) >= 11 is 0. The van der Waals surface area contributed by atoms with Crippen molar-refractivity contribution in [2.75, 3.05) is 25.0 Å². The maximum atomic E-state index is 12.2. The number of rotatable bonds is 6. The summed E-state index contributed by atoms with van der Waals surface area (Å²) in [6, 6.07) is 1.86. The number of ether oxygens (including phenoxy) is 1. The van der Waals surface area contributed by atoms with Gasteiger partial charge in [-0.1, -0.05) is 5.16 Å². The average Bonchev–Trinajstić information content (AvgIpc) is 3.20. The average molecular weight is 347 g/mol. The Bertz CT molecular complexity index is 732. The first-order chi connectivity index (χ1) is 11.9. The van der Waals surface area contributed by atoms with Gasteiger partial charge in [-0.25, -0.2) is 0 Å². The first kappa shape index (κ1) is 17.6. The van der Waals surface area contributed by atoms with Crippen LogP contribution in [0.5, 0.6) is 0 Å². The quantitative estimate of drug-likeness (QED) is 0.854. The molecule has 1 amide bonds. The number of nitrogens with zero attached hydrogens (tertiary/aromatic N) is 4. The van der Waals surface area contributed by atoms with Crippen molar-refractivity contribution < 1.29 is 14.1 Å². The van der Waals surface area contributed by atoms with Gasteiger partial charge in [0.25, 0.3) is 0 Å². The minimum Gasteiger partial charge on any atom is -0.372 e. The molecular formula is C17H25N5O3. The summed E-state index contributed by atoms with van der Waals surface area (Å²) in [6.07, 6.45) is 1.04. The van der Waals surface area contributed by atoms with E-state index in [9.17, 15) is 4.79 Å². The lowest BCUT2D eigenvalue weighted by Gasteiger charge is -2.16. The van der Waals surface area contributed by atoms with Crippen molar-refractivity contribution in [3.63, 3.8) is 0 Å². The molecule has 0 bridgehead atoms.